The van der Waals surface area contributed by atoms with E-state index in [2.05, 4.69) is 15.9 Å². The molecule has 2 heterocycles. The second-order valence-electron chi connectivity index (χ2n) is 7.49. The van der Waals surface area contributed by atoms with E-state index in [4.69, 9.17) is 5.26 Å². The molecule has 144 valence electrons. The first-order valence-electron chi connectivity index (χ1n) is 9.61. The van der Waals surface area contributed by atoms with Crippen molar-refractivity contribution in [3.63, 3.8) is 0 Å². The number of rotatable bonds is 4. The van der Waals surface area contributed by atoms with Crippen LogP contribution in [-0.4, -0.2) is 59.4 Å². The number of carbonyl (C=O) groups is 1. The molecule has 2 saturated heterocycles. The predicted octanol–water partition coefficient (Wildman–Crippen LogP) is 2.23. The van der Waals surface area contributed by atoms with Gasteiger partial charge in [0.25, 0.3) is 0 Å². The number of nitrogens with zero attached hydrogens (tertiary/aromatic N) is 4. The van der Waals surface area contributed by atoms with Crippen LogP contribution in [0.1, 0.15) is 16.7 Å². The van der Waals surface area contributed by atoms with E-state index in [1.54, 1.807) is 18.2 Å². The molecule has 6 heteroatoms. The molecular formula is C22H23FN4O. The third kappa shape index (κ3) is 4.06. The number of carbonyl (C=O) groups excluding carboxylic acids is 1. The minimum Gasteiger partial charge on any atom is -0.336 e. The van der Waals surface area contributed by atoms with Crippen LogP contribution in [-0.2, 0) is 17.9 Å². The molecule has 1 amide bonds. The molecule has 0 saturated carbocycles. The Bertz CT molecular complexity index is 892. The Morgan fingerprint density at radius 3 is 2.57 bits per heavy atom. The highest BCUT2D eigenvalue weighted by Gasteiger charge is 2.38. The van der Waals surface area contributed by atoms with Gasteiger partial charge in [-0.05, 0) is 35.4 Å². The summed E-state index contributed by atoms with van der Waals surface area (Å²) < 4.78 is 13.1. The normalized spacial score (nSPS) is 20.6. The summed E-state index contributed by atoms with van der Waals surface area (Å²) in [6.45, 7) is 5.32. The molecular weight excluding hydrogens is 355 g/mol. The number of benzene rings is 2. The molecule has 0 aromatic heterocycles. The maximum Gasteiger partial charge on any atom is 0.241 e. The summed E-state index contributed by atoms with van der Waals surface area (Å²) in [6, 6.07) is 16.0. The van der Waals surface area contributed by atoms with Gasteiger partial charge in [0.15, 0.2) is 0 Å². The molecule has 2 aromatic rings. The van der Waals surface area contributed by atoms with Crippen molar-refractivity contribution in [3.05, 3.63) is 71.0 Å². The van der Waals surface area contributed by atoms with Crippen molar-refractivity contribution in [1.29, 1.82) is 5.26 Å². The Morgan fingerprint density at radius 2 is 1.79 bits per heavy atom. The summed E-state index contributed by atoms with van der Waals surface area (Å²) in [4.78, 5) is 19.5. The molecule has 4 rings (SSSR count). The van der Waals surface area contributed by atoms with E-state index in [0.717, 1.165) is 37.3 Å². The number of amides is 1. The van der Waals surface area contributed by atoms with E-state index in [-0.39, 0.29) is 17.8 Å². The van der Waals surface area contributed by atoms with Crippen LogP contribution in [0.15, 0.2) is 48.5 Å². The van der Waals surface area contributed by atoms with Gasteiger partial charge in [-0.3, -0.25) is 14.6 Å². The predicted molar refractivity (Wildman–Crippen MR) is 104 cm³/mol. The lowest BCUT2D eigenvalue weighted by Crippen LogP contribution is -2.64. The fourth-order valence-corrected chi connectivity index (χ4v) is 4.06. The Hall–Kier alpha value is -2.75. The average molecular weight is 378 g/mol. The van der Waals surface area contributed by atoms with Gasteiger partial charge in [-0.15, -0.1) is 0 Å². The molecule has 5 nitrogen and oxygen atoms in total. The third-order valence-electron chi connectivity index (χ3n) is 5.58. The van der Waals surface area contributed by atoms with Crippen molar-refractivity contribution in [1.82, 2.24) is 14.7 Å². The Morgan fingerprint density at radius 1 is 1.00 bits per heavy atom. The quantitative estimate of drug-likeness (QED) is 0.819. The zero-order valence-corrected chi connectivity index (χ0v) is 15.7. The van der Waals surface area contributed by atoms with Crippen LogP contribution in [0.5, 0.6) is 0 Å². The number of hydrogen-bond donors (Lipinski definition) is 0. The molecule has 28 heavy (non-hydrogen) atoms. The minimum absolute atomic E-state index is 0.137. The first-order valence-corrected chi connectivity index (χ1v) is 9.61. The summed E-state index contributed by atoms with van der Waals surface area (Å²) in [6.07, 6.45) is 0. The average Bonchev–Trinajstić information content (AvgIpc) is 2.72. The largest absolute Gasteiger partial charge is 0.336 e. The van der Waals surface area contributed by atoms with Crippen molar-refractivity contribution in [2.24, 2.45) is 0 Å². The van der Waals surface area contributed by atoms with Gasteiger partial charge in [0.1, 0.15) is 11.9 Å². The third-order valence-corrected chi connectivity index (χ3v) is 5.58. The van der Waals surface area contributed by atoms with Gasteiger partial charge in [-0.25, -0.2) is 4.39 Å². The lowest BCUT2D eigenvalue weighted by molar-refractivity contribution is -0.146. The standard InChI is InChI=1S/C22H23FN4O/c23-20-6-4-17(5-7-20)15-27-11-10-26-9-8-25(16-21(26)22(27)28)14-19-3-1-2-18(12-19)13-24/h1-7,12,21H,8-11,14-16H2. The molecule has 1 atom stereocenters. The highest BCUT2D eigenvalue weighted by atomic mass is 19.1. The fraction of sp³-hybridized carbons (Fsp3) is 0.364. The maximum atomic E-state index is 13.1. The van der Waals surface area contributed by atoms with E-state index in [9.17, 15) is 9.18 Å². The molecule has 0 bridgehead atoms. The number of nitriles is 1. The molecule has 0 spiro atoms. The van der Waals surface area contributed by atoms with Gasteiger partial charge >= 0.3 is 0 Å². The van der Waals surface area contributed by atoms with Crippen molar-refractivity contribution in [3.8, 4) is 6.07 Å². The van der Waals surface area contributed by atoms with E-state index >= 15 is 0 Å². The summed E-state index contributed by atoms with van der Waals surface area (Å²) >= 11 is 0. The van der Waals surface area contributed by atoms with E-state index in [1.807, 2.05) is 23.1 Å². The van der Waals surface area contributed by atoms with Gasteiger partial charge in [-0.2, -0.15) is 5.26 Å². The monoisotopic (exact) mass is 378 g/mol. The van der Waals surface area contributed by atoms with Gasteiger partial charge < -0.3 is 4.90 Å². The second-order valence-corrected chi connectivity index (χ2v) is 7.49. The molecule has 2 aliphatic heterocycles. The summed E-state index contributed by atoms with van der Waals surface area (Å²) in [5, 5.41) is 9.08. The Kier molecular flexibility index (Phi) is 5.38. The van der Waals surface area contributed by atoms with Crippen LogP contribution >= 0.6 is 0 Å². The van der Waals surface area contributed by atoms with Gasteiger partial charge in [0, 0.05) is 45.8 Å². The summed E-state index contributed by atoms with van der Waals surface area (Å²) in [7, 11) is 0. The van der Waals surface area contributed by atoms with Crippen LogP contribution in [0.2, 0.25) is 0 Å². The molecule has 2 aliphatic rings. The van der Waals surface area contributed by atoms with Crippen molar-refractivity contribution < 1.29 is 9.18 Å². The van der Waals surface area contributed by atoms with Gasteiger partial charge in [-0.1, -0.05) is 24.3 Å². The van der Waals surface area contributed by atoms with Crippen LogP contribution in [0.3, 0.4) is 0 Å². The zero-order chi connectivity index (χ0) is 19.5. The van der Waals surface area contributed by atoms with Crippen LogP contribution < -0.4 is 0 Å². The van der Waals surface area contributed by atoms with E-state index < -0.39 is 0 Å². The molecule has 2 fully saturated rings. The smallest absolute Gasteiger partial charge is 0.241 e. The molecule has 0 radical (unpaired) electrons. The lowest BCUT2D eigenvalue weighted by Gasteiger charge is -2.46. The molecule has 2 aromatic carbocycles. The lowest BCUT2D eigenvalue weighted by atomic mass is 10.0. The SMILES string of the molecule is N#Cc1cccc(CN2CCN3CCN(Cc4ccc(F)cc4)C(=O)C3C2)c1. The highest BCUT2D eigenvalue weighted by molar-refractivity contribution is 5.83. The van der Waals surface area contributed by atoms with Gasteiger partial charge in [0.2, 0.25) is 5.91 Å². The number of halogens is 1. The number of hydrogen-bond acceptors (Lipinski definition) is 4. The zero-order valence-electron chi connectivity index (χ0n) is 15.7. The molecule has 0 aliphatic carbocycles. The topological polar surface area (TPSA) is 50.6 Å². The Balaban J connectivity index is 1.41. The molecule has 0 N–H and O–H groups in total. The number of fused-ring (bicyclic) bond motifs is 1. The second kappa shape index (κ2) is 8.09. The highest BCUT2D eigenvalue weighted by Crippen LogP contribution is 2.20. The fourth-order valence-electron chi connectivity index (χ4n) is 4.06. The van der Waals surface area contributed by atoms with Gasteiger partial charge in [0.05, 0.1) is 11.6 Å². The Labute approximate surface area is 164 Å². The summed E-state index contributed by atoms with van der Waals surface area (Å²) in [5.41, 5.74) is 2.71. The van der Waals surface area contributed by atoms with E-state index in [0.29, 0.717) is 25.2 Å². The maximum absolute atomic E-state index is 13.1. The van der Waals surface area contributed by atoms with Crippen LogP contribution in [0.25, 0.3) is 0 Å². The number of piperazine rings is 2. The van der Waals surface area contributed by atoms with Crippen molar-refractivity contribution in [2.45, 2.75) is 19.1 Å². The van der Waals surface area contributed by atoms with Crippen LogP contribution in [0, 0.1) is 17.1 Å². The first-order chi connectivity index (χ1) is 13.6. The van der Waals surface area contributed by atoms with E-state index in [1.165, 1.54) is 12.1 Å². The molecule has 1 unspecified atom stereocenters. The van der Waals surface area contributed by atoms with Crippen molar-refractivity contribution >= 4 is 5.91 Å². The van der Waals surface area contributed by atoms with Crippen LogP contribution in [0.4, 0.5) is 4.39 Å². The first kappa shape index (κ1) is 18.6. The van der Waals surface area contributed by atoms with Crippen molar-refractivity contribution in [2.75, 3.05) is 32.7 Å². The summed E-state index contributed by atoms with van der Waals surface area (Å²) in [5.74, 6) is -0.116. The minimum atomic E-state index is -0.261.